The van der Waals surface area contributed by atoms with Crippen molar-refractivity contribution in [3.8, 4) is 0 Å². The van der Waals surface area contributed by atoms with Gasteiger partial charge in [-0.25, -0.2) is 0 Å². The molecular formula is C6H7NOSe. The van der Waals surface area contributed by atoms with E-state index in [0.717, 1.165) is 14.6 Å². The molecule has 48 valence electrons. The van der Waals surface area contributed by atoms with E-state index in [1.165, 1.54) is 0 Å². The second kappa shape index (κ2) is 2.38. The first-order valence-electron chi connectivity index (χ1n) is 2.60. The number of rotatable bonds is 0. The molecule has 0 amide bonds. The molecule has 0 atom stereocenters. The van der Waals surface area contributed by atoms with Crippen molar-refractivity contribution in [1.29, 1.82) is 0 Å². The van der Waals surface area contributed by atoms with E-state index in [4.69, 9.17) is 5.21 Å². The predicted octanol–water partition coefficient (Wildman–Crippen LogP) is 0.734. The molecule has 0 aliphatic rings. The average molecular weight is 188 g/mol. The second-order valence-corrected chi connectivity index (χ2v) is 2.69. The Kier molecular flexibility index (Phi) is 1.74. The molecule has 0 spiro atoms. The van der Waals surface area contributed by atoms with Gasteiger partial charge >= 0.3 is 60.5 Å². The van der Waals surface area contributed by atoms with Crippen molar-refractivity contribution in [3.05, 3.63) is 28.1 Å². The van der Waals surface area contributed by atoms with Gasteiger partial charge < -0.3 is 0 Å². The summed E-state index contributed by atoms with van der Waals surface area (Å²) in [5.41, 5.74) is 0.825. The van der Waals surface area contributed by atoms with Crippen LogP contribution >= 0.6 is 0 Å². The summed E-state index contributed by atoms with van der Waals surface area (Å²) in [6, 6.07) is 5.52. The molecule has 1 rings (SSSR count). The van der Waals surface area contributed by atoms with Gasteiger partial charge in [0.25, 0.3) is 0 Å². The molecule has 0 bridgehead atoms. The molecule has 1 N–H and O–H groups in total. The fraction of sp³-hybridized carbons (Fsp3) is 0.167. The van der Waals surface area contributed by atoms with Crippen LogP contribution in [-0.2, 0) is 0 Å². The average Bonchev–Trinajstić information content (AvgIpc) is 1.83. The van der Waals surface area contributed by atoms with Gasteiger partial charge in [0.15, 0.2) is 0 Å². The minimum atomic E-state index is 0.731. The van der Waals surface area contributed by atoms with Gasteiger partial charge in [-0.15, -0.1) is 0 Å². The van der Waals surface area contributed by atoms with Crippen molar-refractivity contribution < 1.29 is 5.21 Å². The topological polar surface area (TPSA) is 25.2 Å². The Bertz CT molecular complexity index is 266. The van der Waals surface area contributed by atoms with Crippen LogP contribution in [0, 0.1) is 11.1 Å². The summed E-state index contributed by atoms with van der Waals surface area (Å²) in [4.78, 5) is 0. The van der Waals surface area contributed by atoms with E-state index in [1.807, 2.05) is 19.1 Å². The number of pyridine rings is 1. The minimum absolute atomic E-state index is 0.731. The quantitative estimate of drug-likeness (QED) is 0.471. The zero-order valence-electron chi connectivity index (χ0n) is 5.03. The summed E-state index contributed by atoms with van der Waals surface area (Å²) < 4.78 is 1.84. The number of hydrogen-bond donors (Lipinski definition) is 1. The van der Waals surface area contributed by atoms with Crippen molar-refractivity contribution in [3.63, 3.8) is 0 Å². The van der Waals surface area contributed by atoms with Crippen molar-refractivity contribution in [1.82, 2.24) is 4.73 Å². The van der Waals surface area contributed by atoms with E-state index >= 15 is 0 Å². The Morgan fingerprint density at radius 3 is 2.67 bits per heavy atom. The Hall–Kier alpha value is -0.531. The standard InChI is InChI=1S/C6H7NOSe/c1-5-3-2-4-6(9)7(5)8/h2-4,8H,1H3. The molecule has 0 aromatic carbocycles. The third-order valence-corrected chi connectivity index (χ3v) is 1.77. The molecule has 1 aromatic heterocycles. The molecule has 0 aliphatic heterocycles. The molecule has 0 aliphatic carbocycles. The van der Waals surface area contributed by atoms with E-state index in [-0.39, 0.29) is 0 Å². The van der Waals surface area contributed by atoms with Crippen LogP contribution in [0.15, 0.2) is 18.2 Å². The van der Waals surface area contributed by atoms with Crippen LogP contribution in [0.4, 0.5) is 0 Å². The van der Waals surface area contributed by atoms with E-state index in [9.17, 15) is 0 Å². The van der Waals surface area contributed by atoms with Crippen molar-refractivity contribution in [2.45, 2.75) is 6.92 Å². The number of aromatic nitrogens is 1. The van der Waals surface area contributed by atoms with Gasteiger partial charge in [0.1, 0.15) is 0 Å². The normalized spacial score (nSPS) is 9.44. The SMILES string of the molecule is Cc1cccc(=[Se])n1O. The van der Waals surface area contributed by atoms with E-state index in [2.05, 4.69) is 15.6 Å². The molecule has 0 saturated heterocycles. The molecule has 3 heteroatoms. The van der Waals surface area contributed by atoms with E-state index in [1.54, 1.807) is 6.07 Å². The molecule has 9 heavy (non-hydrogen) atoms. The molecule has 0 fully saturated rings. The zero-order chi connectivity index (χ0) is 6.85. The Morgan fingerprint density at radius 1 is 1.56 bits per heavy atom. The molecule has 0 radical (unpaired) electrons. The van der Waals surface area contributed by atoms with Gasteiger partial charge in [-0.05, 0) is 0 Å². The van der Waals surface area contributed by atoms with Crippen molar-refractivity contribution in [2.24, 2.45) is 0 Å². The first-order chi connectivity index (χ1) is 4.22. The fourth-order valence-electron chi connectivity index (χ4n) is 0.585. The van der Waals surface area contributed by atoms with Crippen LogP contribution in [0.3, 0.4) is 0 Å². The second-order valence-electron chi connectivity index (χ2n) is 1.82. The summed E-state index contributed by atoms with van der Waals surface area (Å²) >= 11 is 2.72. The van der Waals surface area contributed by atoms with Crippen LogP contribution in [0.1, 0.15) is 5.69 Å². The third kappa shape index (κ3) is 1.23. The summed E-state index contributed by atoms with van der Waals surface area (Å²) in [6.45, 7) is 1.83. The molecule has 0 saturated carbocycles. The summed E-state index contributed by atoms with van der Waals surface area (Å²) in [7, 11) is 0. The Balaban J connectivity index is 3.43. The van der Waals surface area contributed by atoms with Crippen molar-refractivity contribution in [2.75, 3.05) is 0 Å². The Morgan fingerprint density at radius 2 is 2.22 bits per heavy atom. The zero-order valence-corrected chi connectivity index (χ0v) is 6.75. The van der Waals surface area contributed by atoms with Crippen molar-refractivity contribution >= 4 is 15.6 Å². The maximum atomic E-state index is 9.09. The van der Waals surface area contributed by atoms with Crippen LogP contribution in [0.2, 0.25) is 0 Å². The Labute approximate surface area is 61.1 Å². The van der Waals surface area contributed by atoms with E-state index in [0.29, 0.717) is 0 Å². The van der Waals surface area contributed by atoms with Gasteiger partial charge in [-0.1, -0.05) is 0 Å². The van der Waals surface area contributed by atoms with Gasteiger partial charge in [-0.2, -0.15) is 0 Å². The number of nitrogens with zero attached hydrogens (tertiary/aromatic N) is 1. The molecule has 1 aromatic rings. The van der Waals surface area contributed by atoms with Gasteiger partial charge in [0.05, 0.1) is 0 Å². The third-order valence-electron chi connectivity index (χ3n) is 1.12. The van der Waals surface area contributed by atoms with Gasteiger partial charge in [0, 0.05) is 0 Å². The molecule has 2 nitrogen and oxygen atoms in total. The van der Waals surface area contributed by atoms with Gasteiger partial charge in [0.2, 0.25) is 0 Å². The first kappa shape index (κ1) is 6.59. The number of hydrogen-bond acceptors (Lipinski definition) is 1. The maximum absolute atomic E-state index is 9.09. The fourth-order valence-corrected chi connectivity index (χ4v) is 1.05. The molecule has 1 heterocycles. The number of aryl methyl sites for hydroxylation is 1. The first-order valence-corrected chi connectivity index (χ1v) is 3.45. The monoisotopic (exact) mass is 189 g/mol. The molecule has 0 unspecified atom stereocenters. The van der Waals surface area contributed by atoms with Crippen LogP contribution in [0.5, 0.6) is 0 Å². The van der Waals surface area contributed by atoms with Crippen LogP contribution in [-0.4, -0.2) is 25.5 Å². The summed E-state index contributed by atoms with van der Waals surface area (Å²) in [5, 5.41) is 9.09. The van der Waals surface area contributed by atoms with Crippen LogP contribution < -0.4 is 0 Å². The summed E-state index contributed by atoms with van der Waals surface area (Å²) in [6.07, 6.45) is 0. The van der Waals surface area contributed by atoms with E-state index < -0.39 is 0 Å². The van der Waals surface area contributed by atoms with Crippen LogP contribution in [0.25, 0.3) is 0 Å². The molecular weight excluding hydrogens is 181 g/mol. The predicted molar refractivity (Wildman–Crippen MR) is 35.4 cm³/mol. The van der Waals surface area contributed by atoms with Gasteiger partial charge in [-0.3, -0.25) is 0 Å². The summed E-state index contributed by atoms with van der Waals surface area (Å²) in [5.74, 6) is 0.